The van der Waals surface area contributed by atoms with E-state index in [4.69, 9.17) is 4.98 Å². The standard InChI is InChI=1S/C48H34N4/c1-5-16-34(17-6-1)47-40-31-28-33-18-15-27-44(51(36-19-7-2-8-20-36)37-21-9-3-10-22-37)45(33)46(40)39-30-29-35(32-42(39)49-47)48-50-41-25-13-14-26-43(41)52(48)38-23-11-4-12-24-38/h1-32,48,50H. The third kappa shape index (κ3) is 4.96. The van der Waals surface area contributed by atoms with Gasteiger partial charge in [-0.25, -0.2) is 4.98 Å². The molecule has 1 aliphatic rings. The Hall–Kier alpha value is -6.91. The van der Waals surface area contributed by atoms with E-state index in [1.54, 1.807) is 0 Å². The highest BCUT2D eigenvalue weighted by molar-refractivity contribution is 6.26. The number of benzene rings is 8. The lowest BCUT2D eigenvalue weighted by Gasteiger charge is -2.28. The molecule has 0 saturated heterocycles. The van der Waals surface area contributed by atoms with Crippen molar-refractivity contribution in [3.8, 4) is 11.3 Å². The molecule has 0 aliphatic carbocycles. The van der Waals surface area contributed by atoms with Crippen molar-refractivity contribution in [2.75, 3.05) is 15.1 Å². The van der Waals surface area contributed by atoms with E-state index in [0.29, 0.717) is 0 Å². The lowest BCUT2D eigenvalue weighted by Crippen LogP contribution is -2.23. The molecule has 1 aliphatic heterocycles. The predicted molar refractivity (Wildman–Crippen MR) is 218 cm³/mol. The van der Waals surface area contributed by atoms with Gasteiger partial charge < -0.3 is 15.1 Å². The number of fused-ring (bicyclic) bond motifs is 6. The number of rotatable bonds is 6. The van der Waals surface area contributed by atoms with Gasteiger partial charge in [-0.05, 0) is 71.6 Å². The van der Waals surface area contributed by atoms with Gasteiger partial charge in [-0.2, -0.15) is 0 Å². The van der Waals surface area contributed by atoms with Gasteiger partial charge in [-0.3, -0.25) is 0 Å². The Kier molecular flexibility index (Phi) is 7.17. The minimum atomic E-state index is -0.100. The van der Waals surface area contributed by atoms with Crippen molar-refractivity contribution in [3.63, 3.8) is 0 Å². The van der Waals surface area contributed by atoms with E-state index in [9.17, 15) is 0 Å². The first-order valence-corrected chi connectivity index (χ1v) is 17.8. The molecule has 9 aromatic rings. The molecule has 0 bridgehead atoms. The van der Waals surface area contributed by atoms with Crippen LogP contribution in [0.15, 0.2) is 194 Å². The van der Waals surface area contributed by atoms with Crippen LogP contribution >= 0.6 is 0 Å². The van der Waals surface area contributed by atoms with E-state index in [0.717, 1.165) is 67.2 Å². The number of nitrogens with zero attached hydrogens (tertiary/aromatic N) is 3. The maximum Gasteiger partial charge on any atom is 0.130 e. The minimum absolute atomic E-state index is 0.100. The van der Waals surface area contributed by atoms with E-state index in [2.05, 4.69) is 209 Å². The summed E-state index contributed by atoms with van der Waals surface area (Å²) in [5.74, 6) is 0. The Morgan fingerprint density at radius 1 is 0.519 bits per heavy atom. The zero-order valence-corrected chi connectivity index (χ0v) is 28.4. The van der Waals surface area contributed by atoms with Gasteiger partial charge in [0.05, 0.1) is 28.3 Å². The minimum Gasteiger partial charge on any atom is -0.359 e. The first-order chi connectivity index (χ1) is 25.8. The molecule has 2 heterocycles. The summed E-state index contributed by atoms with van der Waals surface area (Å²) in [7, 11) is 0. The van der Waals surface area contributed by atoms with Gasteiger partial charge in [0.2, 0.25) is 0 Å². The van der Waals surface area contributed by atoms with Crippen molar-refractivity contribution in [1.82, 2.24) is 4.98 Å². The molecule has 0 fully saturated rings. The van der Waals surface area contributed by atoms with Crippen LogP contribution in [-0.4, -0.2) is 4.98 Å². The van der Waals surface area contributed by atoms with Crippen molar-refractivity contribution in [2.24, 2.45) is 0 Å². The maximum absolute atomic E-state index is 5.49. The summed E-state index contributed by atoms with van der Waals surface area (Å²) in [5.41, 5.74) is 10.9. The van der Waals surface area contributed by atoms with Crippen LogP contribution in [0.5, 0.6) is 0 Å². The summed E-state index contributed by atoms with van der Waals surface area (Å²) >= 11 is 0. The fraction of sp³-hybridized carbons (Fsp3) is 0.0208. The number of pyridine rings is 1. The van der Waals surface area contributed by atoms with Gasteiger partial charge in [0.25, 0.3) is 0 Å². The van der Waals surface area contributed by atoms with Crippen molar-refractivity contribution >= 4 is 66.6 Å². The van der Waals surface area contributed by atoms with Crippen molar-refractivity contribution in [1.29, 1.82) is 0 Å². The quantitative estimate of drug-likeness (QED) is 0.179. The van der Waals surface area contributed by atoms with Crippen LogP contribution in [0.2, 0.25) is 0 Å². The van der Waals surface area contributed by atoms with E-state index in [-0.39, 0.29) is 6.17 Å². The second kappa shape index (κ2) is 12.4. The third-order valence-corrected chi connectivity index (χ3v) is 10.2. The largest absolute Gasteiger partial charge is 0.359 e. The lowest BCUT2D eigenvalue weighted by molar-refractivity contribution is 0.829. The Morgan fingerprint density at radius 2 is 1.15 bits per heavy atom. The van der Waals surface area contributed by atoms with Crippen LogP contribution in [0.4, 0.5) is 34.1 Å². The summed E-state index contributed by atoms with van der Waals surface area (Å²) in [6.07, 6.45) is -0.100. The summed E-state index contributed by atoms with van der Waals surface area (Å²) < 4.78 is 0. The molecule has 10 rings (SSSR count). The van der Waals surface area contributed by atoms with Gasteiger partial charge >= 0.3 is 0 Å². The molecule has 4 heteroatoms. The summed E-state index contributed by atoms with van der Waals surface area (Å²) in [6, 6.07) is 69.1. The molecule has 52 heavy (non-hydrogen) atoms. The molecule has 246 valence electrons. The van der Waals surface area contributed by atoms with Gasteiger partial charge in [0.1, 0.15) is 6.17 Å². The topological polar surface area (TPSA) is 31.4 Å². The van der Waals surface area contributed by atoms with Crippen LogP contribution < -0.4 is 15.1 Å². The first kappa shape index (κ1) is 30.0. The average Bonchev–Trinajstić information content (AvgIpc) is 3.61. The molecular formula is C48H34N4. The normalized spacial score (nSPS) is 13.7. The Bertz CT molecular complexity index is 2670. The van der Waals surface area contributed by atoms with E-state index in [1.807, 2.05) is 0 Å². The van der Waals surface area contributed by atoms with Crippen LogP contribution in [0.3, 0.4) is 0 Å². The molecule has 1 aromatic heterocycles. The highest BCUT2D eigenvalue weighted by Crippen LogP contribution is 2.48. The van der Waals surface area contributed by atoms with E-state index >= 15 is 0 Å². The number of hydrogen-bond donors (Lipinski definition) is 1. The Labute approximate surface area is 302 Å². The van der Waals surface area contributed by atoms with E-state index < -0.39 is 0 Å². The van der Waals surface area contributed by atoms with Crippen LogP contribution in [0.25, 0.3) is 43.7 Å². The molecule has 4 nitrogen and oxygen atoms in total. The first-order valence-electron chi connectivity index (χ1n) is 17.8. The van der Waals surface area contributed by atoms with Gasteiger partial charge in [-0.15, -0.1) is 0 Å². The SMILES string of the molecule is c1ccc(-c2nc3cc(C4Nc5ccccc5N4c4ccccc4)ccc3c3c2ccc2cccc(N(c4ccccc4)c4ccccc4)c23)cc1. The molecule has 1 unspecified atom stereocenters. The zero-order valence-electron chi connectivity index (χ0n) is 28.4. The third-order valence-electron chi connectivity index (χ3n) is 10.2. The highest BCUT2D eigenvalue weighted by Gasteiger charge is 2.31. The second-order valence-corrected chi connectivity index (χ2v) is 13.2. The highest BCUT2D eigenvalue weighted by atomic mass is 15.3. The number of nitrogens with one attached hydrogen (secondary N) is 1. The molecule has 1 N–H and O–H groups in total. The molecule has 1 atom stereocenters. The number of para-hydroxylation sites is 5. The predicted octanol–water partition coefficient (Wildman–Crippen LogP) is 12.9. The Balaban J connectivity index is 1.26. The molecule has 0 radical (unpaired) electrons. The van der Waals surface area contributed by atoms with Crippen molar-refractivity contribution in [3.05, 3.63) is 200 Å². The molecule has 0 amide bonds. The van der Waals surface area contributed by atoms with Crippen LogP contribution in [0, 0.1) is 0 Å². The number of aromatic nitrogens is 1. The van der Waals surface area contributed by atoms with Gasteiger partial charge in [0.15, 0.2) is 0 Å². The smallest absolute Gasteiger partial charge is 0.130 e. The second-order valence-electron chi connectivity index (χ2n) is 13.2. The fourth-order valence-electron chi connectivity index (χ4n) is 7.89. The van der Waals surface area contributed by atoms with E-state index in [1.165, 1.54) is 16.2 Å². The number of hydrogen-bond acceptors (Lipinski definition) is 4. The van der Waals surface area contributed by atoms with Crippen LogP contribution in [-0.2, 0) is 0 Å². The van der Waals surface area contributed by atoms with Crippen molar-refractivity contribution < 1.29 is 0 Å². The number of anilines is 6. The summed E-state index contributed by atoms with van der Waals surface area (Å²) in [4.78, 5) is 10.3. The average molecular weight is 667 g/mol. The summed E-state index contributed by atoms with van der Waals surface area (Å²) in [6.45, 7) is 0. The Morgan fingerprint density at radius 3 is 1.88 bits per heavy atom. The molecular weight excluding hydrogens is 633 g/mol. The zero-order chi connectivity index (χ0) is 34.4. The molecule has 0 spiro atoms. The summed E-state index contributed by atoms with van der Waals surface area (Å²) in [5, 5.41) is 9.66. The fourth-order valence-corrected chi connectivity index (χ4v) is 7.89. The monoisotopic (exact) mass is 666 g/mol. The van der Waals surface area contributed by atoms with Gasteiger partial charge in [0, 0.05) is 44.2 Å². The lowest BCUT2D eigenvalue weighted by atomic mass is 9.93. The maximum atomic E-state index is 5.49. The molecule has 0 saturated carbocycles. The van der Waals surface area contributed by atoms with Crippen molar-refractivity contribution in [2.45, 2.75) is 6.17 Å². The molecule has 8 aromatic carbocycles. The van der Waals surface area contributed by atoms with Crippen LogP contribution in [0.1, 0.15) is 11.7 Å². The van der Waals surface area contributed by atoms with Gasteiger partial charge in [-0.1, -0.05) is 133 Å².